The van der Waals surface area contributed by atoms with E-state index >= 15 is 0 Å². The van der Waals surface area contributed by atoms with Gasteiger partial charge >= 0.3 is 0 Å². The highest BCUT2D eigenvalue weighted by Gasteiger charge is 2.25. The molecule has 3 aromatic heterocycles. The first-order valence-electron chi connectivity index (χ1n) is 14.8. The van der Waals surface area contributed by atoms with Crippen LogP contribution in [-0.2, 0) is 10.0 Å². The monoisotopic (exact) mass is 662 g/mol. The predicted octanol–water partition coefficient (Wildman–Crippen LogP) is 6.41. The molecule has 0 spiro atoms. The van der Waals surface area contributed by atoms with Gasteiger partial charge in [0.05, 0.1) is 33.2 Å². The summed E-state index contributed by atoms with van der Waals surface area (Å²) >= 11 is 1.48. The van der Waals surface area contributed by atoms with Gasteiger partial charge in [0.25, 0.3) is 10.0 Å². The minimum absolute atomic E-state index is 0.118. The van der Waals surface area contributed by atoms with Gasteiger partial charge in [0, 0.05) is 43.0 Å². The molecule has 10 nitrogen and oxygen atoms in total. The minimum Gasteiger partial charge on any atom is -0.355 e. The van der Waals surface area contributed by atoms with Crippen molar-refractivity contribution in [3.8, 4) is 21.8 Å². The average molecular weight is 663 g/mol. The van der Waals surface area contributed by atoms with Crippen LogP contribution in [0.1, 0.15) is 31.2 Å². The van der Waals surface area contributed by atoms with Gasteiger partial charge in [0.15, 0.2) is 4.90 Å². The van der Waals surface area contributed by atoms with Crippen LogP contribution in [-0.4, -0.2) is 54.5 Å². The Balaban J connectivity index is 1.28. The molecule has 0 unspecified atom stereocenters. The van der Waals surface area contributed by atoms with Crippen molar-refractivity contribution in [3.05, 3.63) is 89.7 Å². The van der Waals surface area contributed by atoms with E-state index in [2.05, 4.69) is 30.2 Å². The molecule has 2 aromatic carbocycles. The van der Waals surface area contributed by atoms with Gasteiger partial charge in [-0.05, 0) is 55.4 Å². The molecule has 1 aliphatic heterocycles. The maximum Gasteiger partial charge on any atom is 0.267 e. The van der Waals surface area contributed by atoms with Gasteiger partial charge in [-0.3, -0.25) is 4.72 Å². The average Bonchev–Trinajstić information content (AvgIpc) is 3.31. The normalized spacial score (nSPS) is 13.9. The number of nitrogens with one attached hydrogen (secondary N) is 3. The number of thiazole rings is 1. The summed E-state index contributed by atoms with van der Waals surface area (Å²) in [6.07, 6.45) is 4.48. The molecule has 46 heavy (non-hydrogen) atoms. The number of rotatable bonds is 9. The first-order chi connectivity index (χ1) is 22.2. The number of halogens is 2. The van der Waals surface area contributed by atoms with Crippen LogP contribution in [0, 0.1) is 11.6 Å². The summed E-state index contributed by atoms with van der Waals surface area (Å²) < 4.78 is 56.8. The van der Waals surface area contributed by atoms with Gasteiger partial charge in [-0.25, -0.2) is 37.1 Å². The van der Waals surface area contributed by atoms with Crippen LogP contribution >= 0.6 is 11.3 Å². The Labute approximate surface area is 270 Å². The quantitative estimate of drug-likeness (QED) is 0.164. The summed E-state index contributed by atoms with van der Waals surface area (Å²) in [4.78, 5) is 20.7. The molecule has 6 rings (SSSR count). The second kappa shape index (κ2) is 13.4. The van der Waals surface area contributed by atoms with E-state index in [0.717, 1.165) is 72.2 Å². The molecule has 0 amide bonds. The number of hydrogen-bond acceptors (Lipinski definition) is 10. The first kappa shape index (κ1) is 31.5. The van der Waals surface area contributed by atoms with Crippen LogP contribution in [0.25, 0.3) is 21.8 Å². The molecule has 0 radical (unpaired) electrons. The van der Waals surface area contributed by atoms with Gasteiger partial charge in [0.1, 0.15) is 17.5 Å². The highest BCUT2D eigenvalue weighted by Crippen LogP contribution is 2.39. The smallest absolute Gasteiger partial charge is 0.267 e. The van der Waals surface area contributed by atoms with Crippen molar-refractivity contribution in [1.82, 2.24) is 25.3 Å². The van der Waals surface area contributed by atoms with E-state index in [9.17, 15) is 17.2 Å². The van der Waals surface area contributed by atoms with E-state index in [1.54, 1.807) is 36.7 Å². The van der Waals surface area contributed by atoms with Crippen molar-refractivity contribution in [1.29, 1.82) is 0 Å². The summed E-state index contributed by atoms with van der Waals surface area (Å²) in [5.41, 5.74) is 2.69. The third-order valence-corrected chi connectivity index (χ3v) is 10.1. The van der Waals surface area contributed by atoms with E-state index in [1.807, 2.05) is 26.0 Å². The highest BCUT2D eigenvalue weighted by atomic mass is 32.2. The van der Waals surface area contributed by atoms with E-state index in [1.165, 1.54) is 17.4 Å². The summed E-state index contributed by atoms with van der Waals surface area (Å²) in [6.45, 7) is 7.85. The Bertz CT molecular complexity index is 1920. The predicted molar refractivity (Wildman–Crippen MR) is 177 cm³/mol. The maximum atomic E-state index is 14.3. The Morgan fingerprint density at radius 3 is 2.50 bits per heavy atom. The van der Waals surface area contributed by atoms with Crippen molar-refractivity contribution >= 4 is 44.5 Å². The van der Waals surface area contributed by atoms with Crippen molar-refractivity contribution in [2.45, 2.75) is 31.1 Å². The number of hydrogen-bond donors (Lipinski definition) is 3. The molecular formula is C32H32F2N8O2S2. The maximum absolute atomic E-state index is 14.3. The topological polar surface area (TPSA) is 125 Å². The van der Waals surface area contributed by atoms with Crippen LogP contribution < -0.4 is 20.3 Å². The Morgan fingerprint density at radius 1 is 0.935 bits per heavy atom. The zero-order valence-corrected chi connectivity index (χ0v) is 26.8. The molecule has 0 aliphatic carbocycles. The summed E-state index contributed by atoms with van der Waals surface area (Å²) in [5, 5.41) is 7.50. The molecule has 0 saturated carbocycles. The third kappa shape index (κ3) is 6.98. The fourth-order valence-electron chi connectivity index (χ4n) is 5.02. The largest absolute Gasteiger partial charge is 0.355 e. The van der Waals surface area contributed by atoms with Crippen molar-refractivity contribution < 1.29 is 17.2 Å². The van der Waals surface area contributed by atoms with E-state index in [-0.39, 0.29) is 11.6 Å². The Hall–Kier alpha value is -4.53. The van der Waals surface area contributed by atoms with Crippen LogP contribution in [0.5, 0.6) is 0 Å². The number of sulfonamides is 1. The lowest BCUT2D eigenvalue weighted by molar-refractivity contribution is 0.521. The van der Waals surface area contributed by atoms with Crippen molar-refractivity contribution in [2.75, 3.05) is 41.1 Å². The molecule has 5 aromatic rings. The van der Waals surface area contributed by atoms with E-state index in [4.69, 9.17) is 9.97 Å². The lowest BCUT2D eigenvalue weighted by atomic mass is 10.1. The number of aromatic nitrogens is 4. The van der Waals surface area contributed by atoms with Gasteiger partial charge < -0.3 is 15.5 Å². The fourth-order valence-corrected chi connectivity index (χ4v) is 7.27. The molecule has 3 N–H and O–H groups in total. The number of anilines is 4. The lowest BCUT2D eigenvalue weighted by Gasteiger charge is -2.21. The number of nitrogens with zero attached hydrogens (tertiary/aromatic N) is 5. The molecule has 1 fully saturated rings. The zero-order valence-electron chi connectivity index (χ0n) is 25.2. The second-order valence-electron chi connectivity index (χ2n) is 11.0. The Kier molecular flexibility index (Phi) is 9.20. The Morgan fingerprint density at radius 2 is 1.74 bits per heavy atom. The molecule has 238 valence electrons. The first-order valence-corrected chi connectivity index (χ1v) is 17.1. The van der Waals surface area contributed by atoms with Crippen LogP contribution in [0.3, 0.4) is 0 Å². The SMILES string of the molecule is CC(C)c1nc(-c2cccc(NS(=O)(=O)c3c(F)cccc3F)c2)c(-c2ccnc(Nc3ccc(N4CCCNCC4)nc3)n2)s1. The van der Waals surface area contributed by atoms with Crippen LogP contribution in [0.2, 0.25) is 0 Å². The van der Waals surface area contributed by atoms with Crippen LogP contribution in [0.15, 0.2) is 78.0 Å². The number of pyridine rings is 1. The zero-order chi connectivity index (χ0) is 32.3. The van der Waals surface area contributed by atoms with Gasteiger partial charge in [-0.2, -0.15) is 0 Å². The summed E-state index contributed by atoms with van der Waals surface area (Å²) in [6, 6.07) is 15.1. The molecular weight excluding hydrogens is 631 g/mol. The fraction of sp³-hybridized carbons (Fsp3) is 0.250. The summed E-state index contributed by atoms with van der Waals surface area (Å²) in [5.74, 6) is -0.941. The summed E-state index contributed by atoms with van der Waals surface area (Å²) in [7, 11) is -4.55. The highest BCUT2D eigenvalue weighted by molar-refractivity contribution is 7.92. The molecule has 4 heterocycles. The van der Waals surface area contributed by atoms with E-state index in [0.29, 0.717) is 22.9 Å². The third-order valence-electron chi connectivity index (χ3n) is 7.27. The minimum atomic E-state index is -4.55. The molecule has 1 saturated heterocycles. The van der Waals surface area contributed by atoms with Crippen molar-refractivity contribution in [2.24, 2.45) is 0 Å². The van der Waals surface area contributed by atoms with Gasteiger partial charge in [0.2, 0.25) is 5.95 Å². The molecule has 14 heteroatoms. The molecule has 0 atom stereocenters. The van der Waals surface area contributed by atoms with Crippen LogP contribution in [0.4, 0.5) is 31.9 Å². The lowest BCUT2D eigenvalue weighted by Crippen LogP contribution is -2.28. The molecule has 0 bridgehead atoms. The van der Waals surface area contributed by atoms with Crippen molar-refractivity contribution in [3.63, 3.8) is 0 Å². The standard InChI is InChI=1S/C32H32F2N8O2S2/c1-20(2)31-40-28(21-6-3-7-22(18-21)41-46(43,44)30-24(33)8-4-9-25(30)34)29(45-31)26-12-14-36-32(39-26)38-23-10-11-27(37-19-23)42-16-5-13-35-15-17-42/h3-4,6-12,14,18-20,35,41H,5,13,15-17H2,1-2H3,(H,36,38,39). The molecule has 1 aliphatic rings. The number of benzene rings is 2. The van der Waals surface area contributed by atoms with E-state index < -0.39 is 26.6 Å². The van der Waals surface area contributed by atoms with Gasteiger partial charge in [-0.1, -0.05) is 32.0 Å². The van der Waals surface area contributed by atoms with Gasteiger partial charge in [-0.15, -0.1) is 11.3 Å². The second-order valence-corrected chi connectivity index (χ2v) is 13.7.